The summed E-state index contributed by atoms with van der Waals surface area (Å²) in [4.78, 5) is 34.3. The van der Waals surface area contributed by atoms with Gasteiger partial charge in [0.2, 0.25) is 0 Å². The predicted octanol–water partition coefficient (Wildman–Crippen LogP) is 2.52. The van der Waals surface area contributed by atoms with Crippen molar-refractivity contribution in [2.24, 2.45) is 5.41 Å². The van der Waals surface area contributed by atoms with Crippen LogP contribution in [0.2, 0.25) is 0 Å². The molecule has 0 aromatic carbocycles. The summed E-state index contributed by atoms with van der Waals surface area (Å²) in [6, 6.07) is 5.26. The Morgan fingerprint density at radius 2 is 2.08 bits per heavy atom. The summed E-state index contributed by atoms with van der Waals surface area (Å²) < 4.78 is 0. The number of likely N-dealkylation sites (N-methyl/N-ethyl adjacent to an activating group) is 1. The molecule has 25 heavy (non-hydrogen) atoms. The maximum atomic E-state index is 13.5. The van der Waals surface area contributed by atoms with Crippen molar-refractivity contribution in [3.8, 4) is 0 Å². The molecule has 0 aliphatic carbocycles. The molecule has 138 valence electrons. The maximum Gasteiger partial charge on any atom is 0.320 e. The Labute approximate surface area is 154 Å². The van der Waals surface area contributed by atoms with Crippen LogP contribution in [0.15, 0.2) is 24.4 Å². The summed E-state index contributed by atoms with van der Waals surface area (Å²) in [5, 5.41) is 2.72. The third-order valence-electron chi connectivity index (χ3n) is 4.66. The van der Waals surface area contributed by atoms with Crippen LogP contribution in [-0.2, 0) is 10.3 Å². The Bertz CT molecular complexity index is 632. The summed E-state index contributed by atoms with van der Waals surface area (Å²) in [7, 11) is 3.38. The van der Waals surface area contributed by atoms with Crippen molar-refractivity contribution in [2.75, 3.05) is 26.1 Å². The molecule has 2 rings (SSSR count). The van der Waals surface area contributed by atoms with Gasteiger partial charge in [0.15, 0.2) is 5.54 Å². The third kappa shape index (κ3) is 3.21. The van der Waals surface area contributed by atoms with Crippen molar-refractivity contribution in [3.63, 3.8) is 0 Å². The van der Waals surface area contributed by atoms with Crippen LogP contribution in [0, 0.1) is 5.41 Å². The molecule has 2 heterocycles. The monoisotopic (exact) mass is 364 g/mol. The minimum atomic E-state index is -1.09. The first-order chi connectivity index (χ1) is 11.7. The van der Waals surface area contributed by atoms with Gasteiger partial charge < -0.3 is 10.2 Å². The van der Waals surface area contributed by atoms with Gasteiger partial charge >= 0.3 is 6.03 Å². The second-order valence-electron chi connectivity index (χ2n) is 7.40. The van der Waals surface area contributed by atoms with E-state index in [1.807, 2.05) is 45.2 Å². The number of nitrogens with one attached hydrogen (secondary N) is 1. The normalized spacial score (nSPS) is 23.9. The van der Waals surface area contributed by atoms with Crippen molar-refractivity contribution in [2.45, 2.75) is 38.9 Å². The quantitative estimate of drug-likeness (QED) is 0.892. The Morgan fingerprint density at radius 3 is 2.56 bits per heavy atom. The smallest absolute Gasteiger partial charge is 0.320 e. The zero-order valence-corrected chi connectivity index (χ0v) is 16.7. The van der Waals surface area contributed by atoms with Crippen molar-refractivity contribution < 1.29 is 9.59 Å². The molecular formula is C18H28N4O2S. The van der Waals surface area contributed by atoms with E-state index in [-0.39, 0.29) is 23.5 Å². The molecule has 0 radical (unpaired) electrons. The highest BCUT2D eigenvalue weighted by Gasteiger charge is 2.62. The van der Waals surface area contributed by atoms with Crippen LogP contribution in [0.4, 0.5) is 4.79 Å². The Balaban J connectivity index is 2.72. The first-order valence-electron chi connectivity index (χ1n) is 8.40. The van der Waals surface area contributed by atoms with Gasteiger partial charge in [0.05, 0.1) is 5.69 Å². The second-order valence-corrected chi connectivity index (χ2v) is 8.38. The number of hydrogen-bond donors (Lipinski definition) is 1. The molecule has 1 aliphatic rings. The largest absolute Gasteiger partial charge is 0.341 e. The van der Waals surface area contributed by atoms with Gasteiger partial charge in [-0.15, -0.1) is 0 Å². The number of rotatable bonds is 4. The molecule has 6 nitrogen and oxygen atoms in total. The fourth-order valence-corrected chi connectivity index (χ4v) is 4.21. The Kier molecular flexibility index (Phi) is 5.66. The molecule has 1 saturated heterocycles. The van der Waals surface area contributed by atoms with E-state index in [1.165, 1.54) is 0 Å². The van der Waals surface area contributed by atoms with Crippen molar-refractivity contribution in [1.29, 1.82) is 0 Å². The topological polar surface area (TPSA) is 65.5 Å². The molecule has 2 unspecified atom stereocenters. The van der Waals surface area contributed by atoms with E-state index in [0.29, 0.717) is 12.1 Å². The van der Waals surface area contributed by atoms with E-state index in [9.17, 15) is 9.59 Å². The van der Waals surface area contributed by atoms with Crippen LogP contribution in [0.3, 0.4) is 0 Å². The SMILES string of the molecule is CNC(=O)N1C(C(C)(C)C)N(C)C(=O)C1(CCSC)c1ccccn1. The number of pyridine rings is 1. The molecule has 3 amide bonds. The standard InChI is InChI=1S/C18H28N4O2S/c1-17(2,3)14-21(5)15(23)18(10-12-25-6,22(14)16(24)19-4)13-9-7-8-11-20-13/h7-9,11,14H,10,12H2,1-6H3,(H,19,24). The molecule has 1 N–H and O–H groups in total. The van der Waals surface area contributed by atoms with Gasteiger partial charge in [-0.25, -0.2) is 4.79 Å². The van der Waals surface area contributed by atoms with Crippen molar-refractivity contribution in [3.05, 3.63) is 30.1 Å². The highest BCUT2D eigenvalue weighted by Crippen LogP contribution is 2.46. The first-order valence-corrected chi connectivity index (χ1v) is 9.80. The number of thioether (sulfide) groups is 1. The summed E-state index contributed by atoms with van der Waals surface area (Å²) in [6.07, 6.45) is 3.84. The number of carbonyl (C=O) groups is 2. The lowest BCUT2D eigenvalue weighted by molar-refractivity contribution is -0.133. The van der Waals surface area contributed by atoms with Crippen LogP contribution in [0.25, 0.3) is 0 Å². The van der Waals surface area contributed by atoms with Crippen LogP contribution >= 0.6 is 11.8 Å². The van der Waals surface area contributed by atoms with Crippen molar-refractivity contribution >= 4 is 23.7 Å². The van der Waals surface area contributed by atoms with Gasteiger partial charge in [-0.2, -0.15) is 11.8 Å². The molecule has 2 atom stereocenters. The van der Waals surface area contributed by atoms with Crippen molar-refractivity contribution in [1.82, 2.24) is 20.1 Å². The van der Waals surface area contributed by atoms with Gasteiger partial charge in [-0.1, -0.05) is 26.8 Å². The van der Waals surface area contributed by atoms with E-state index >= 15 is 0 Å². The van der Waals surface area contributed by atoms with E-state index in [0.717, 1.165) is 5.75 Å². The minimum absolute atomic E-state index is 0.0798. The molecule has 1 aromatic heterocycles. The molecule has 1 aromatic rings. The van der Waals surface area contributed by atoms with Gasteiger partial charge in [0.1, 0.15) is 6.17 Å². The van der Waals surface area contributed by atoms with Gasteiger partial charge in [0.25, 0.3) is 5.91 Å². The molecule has 1 aliphatic heterocycles. The van der Waals surface area contributed by atoms with Crippen LogP contribution in [0.5, 0.6) is 0 Å². The first kappa shape index (κ1) is 19.6. The zero-order chi connectivity index (χ0) is 18.8. The Morgan fingerprint density at radius 1 is 1.40 bits per heavy atom. The van der Waals surface area contributed by atoms with E-state index < -0.39 is 5.54 Å². The molecule has 0 saturated carbocycles. The lowest BCUT2D eigenvalue weighted by Gasteiger charge is -2.42. The lowest BCUT2D eigenvalue weighted by Crippen LogP contribution is -2.57. The van der Waals surface area contributed by atoms with E-state index in [2.05, 4.69) is 10.3 Å². The third-order valence-corrected chi connectivity index (χ3v) is 5.27. The molecule has 0 bridgehead atoms. The Hall–Kier alpha value is -1.76. The van der Waals surface area contributed by atoms with Gasteiger partial charge in [-0.3, -0.25) is 14.7 Å². The summed E-state index contributed by atoms with van der Waals surface area (Å²) in [6.45, 7) is 6.13. The van der Waals surface area contributed by atoms with Crippen LogP contribution in [0.1, 0.15) is 32.9 Å². The van der Waals surface area contributed by atoms with Gasteiger partial charge in [-0.05, 0) is 30.6 Å². The summed E-state index contributed by atoms with van der Waals surface area (Å²) >= 11 is 1.66. The number of aromatic nitrogens is 1. The second kappa shape index (κ2) is 7.23. The van der Waals surface area contributed by atoms with Crippen LogP contribution < -0.4 is 5.32 Å². The average molecular weight is 365 g/mol. The predicted molar refractivity (Wildman–Crippen MR) is 101 cm³/mol. The van der Waals surface area contributed by atoms with Crippen LogP contribution in [-0.4, -0.2) is 59.0 Å². The highest BCUT2D eigenvalue weighted by molar-refractivity contribution is 7.98. The average Bonchev–Trinajstić information content (AvgIpc) is 2.82. The maximum absolute atomic E-state index is 13.5. The molecular weight excluding hydrogens is 336 g/mol. The van der Waals surface area contributed by atoms with Gasteiger partial charge in [0, 0.05) is 25.7 Å². The molecule has 7 heteroatoms. The number of urea groups is 1. The van der Waals surface area contributed by atoms with E-state index in [4.69, 9.17) is 0 Å². The zero-order valence-electron chi connectivity index (χ0n) is 15.9. The number of carbonyl (C=O) groups excluding carboxylic acids is 2. The van der Waals surface area contributed by atoms with E-state index in [1.54, 1.807) is 41.9 Å². The summed E-state index contributed by atoms with van der Waals surface area (Å²) in [5.74, 6) is 0.671. The summed E-state index contributed by atoms with van der Waals surface area (Å²) in [5.41, 5.74) is -0.764. The fourth-order valence-electron chi connectivity index (χ4n) is 3.71. The molecule has 1 fully saturated rings. The number of hydrogen-bond acceptors (Lipinski definition) is 4. The number of nitrogens with zero attached hydrogens (tertiary/aromatic N) is 3. The number of amides is 3. The highest BCUT2D eigenvalue weighted by atomic mass is 32.2. The lowest BCUT2D eigenvalue weighted by atomic mass is 9.87. The minimum Gasteiger partial charge on any atom is -0.341 e. The fraction of sp³-hybridized carbons (Fsp3) is 0.611. The molecule has 0 spiro atoms.